The molecule has 0 spiro atoms. The minimum atomic E-state index is 0.637. The van der Waals surface area contributed by atoms with E-state index >= 15 is 0 Å². The van der Waals surface area contributed by atoms with Gasteiger partial charge >= 0.3 is 0 Å². The molecule has 0 amide bonds. The lowest BCUT2D eigenvalue weighted by Gasteiger charge is -2.11. The van der Waals surface area contributed by atoms with E-state index in [1.165, 1.54) is 65.9 Å². The van der Waals surface area contributed by atoms with Crippen LogP contribution in [0.15, 0.2) is 249 Å². The first-order chi connectivity index (χ1) is 33.7. The van der Waals surface area contributed by atoms with Crippen molar-refractivity contribution in [2.45, 2.75) is 0 Å². The van der Waals surface area contributed by atoms with Gasteiger partial charge in [0.05, 0.1) is 22.1 Å². The minimum Gasteiger partial charge on any atom is -0.309 e. The molecule has 0 unspecified atom stereocenters. The molecule has 3 aromatic heterocycles. The molecule has 318 valence electrons. The van der Waals surface area contributed by atoms with Crippen molar-refractivity contribution in [1.82, 2.24) is 24.1 Å². The number of para-hydroxylation sites is 3. The van der Waals surface area contributed by atoms with Crippen LogP contribution in [0.4, 0.5) is 0 Å². The molecule has 0 bridgehead atoms. The van der Waals surface area contributed by atoms with Gasteiger partial charge in [-0.25, -0.2) is 15.0 Å². The van der Waals surface area contributed by atoms with Crippen molar-refractivity contribution in [3.05, 3.63) is 249 Å². The Morgan fingerprint density at radius 3 is 1.06 bits per heavy atom. The van der Waals surface area contributed by atoms with E-state index in [1.54, 1.807) is 0 Å². The van der Waals surface area contributed by atoms with Crippen LogP contribution in [0.2, 0.25) is 0 Å². The molecule has 5 heteroatoms. The van der Waals surface area contributed by atoms with Gasteiger partial charge in [0.15, 0.2) is 17.5 Å². The van der Waals surface area contributed by atoms with Crippen LogP contribution in [0.5, 0.6) is 0 Å². The van der Waals surface area contributed by atoms with Gasteiger partial charge in [0.1, 0.15) is 0 Å². The molecule has 0 fully saturated rings. The summed E-state index contributed by atoms with van der Waals surface area (Å²) in [5.74, 6) is 1.93. The predicted octanol–water partition coefficient (Wildman–Crippen LogP) is 16.1. The fourth-order valence-corrected chi connectivity index (χ4v) is 9.90. The standard InChI is InChI=1S/C63H41N5/c1-4-16-43(17-5-1)61-64-62(44-18-6-2-7-19-44)66-63(65-61)50-23-15-20-45(39-50)42-30-34-52(35-31-42)68-58-29-13-11-27-54(58)56-41-49(33-37-60(56)68)47-22-14-21-46(38-47)48-32-36-59-55(40-48)53-26-10-12-28-57(53)67(59)51-24-8-3-9-25-51/h1-41H. The zero-order chi connectivity index (χ0) is 45.0. The second kappa shape index (κ2) is 16.4. The van der Waals surface area contributed by atoms with E-state index in [0.717, 1.165) is 39.2 Å². The molecule has 3 heterocycles. The first-order valence-electron chi connectivity index (χ1n) is 23.0. The Hall–Kier alpha value is -9.19. The Morgan fingerprint density at radius 1 is 0.206 bits per heavy atom. The molecule has 0 atom stereocenters. The normalized spacial score (nSPS) is 11.5. The summed E-state index contributed by atoms with van der Waals surface area (Å²) in [5, 5.41) is 4.94. The molecule has 0 saturated heterocycles. The summed E-state index contributed by atoms with van der Waals surface area (Å²) in [4.78, 5) is 14.9. The quantitative estimate of drug-likeness (QED) is 0.153. The fraction of sp³-hybridized carbons (Fsp3) is 0. The molecule has 13 aromatic rings. The highest BCUT2D eigenvalue weighted by atomic mass is 15.0. The lowest BCUT2D eigenvalue weighted by atomic mass is 9.97. The summed E-state index contributed by atoms with van der Waals surface area (Å²) in [7, 11) is 0. The summed E-state index contributed by atoms with van der Waals surface area (Å²) >= 11 is 0. The monoisotopic (exact) mass is 867 g/mol. The molecule has 5 nitrogen and oxygen atoms in total. The van der Waals surface area contributed by atoms with Crippen LogP contribution in [0, 0.1) is 0 Å². The van der Waals surface area contributed by atoms with Crippen molar-refractivity contribution < 1.29 is 0 Å². The maximum atomic E-state index is 4.99. The summed E-state index contributed by atoms with van der Waals surface area (Å²) in [5.41, 5.74) is 16.8. The van der Waals surface area contributed by atoms with E-state index in [2.05, 4.69) is 197 Å². The van der Waals surface area contributed by atoms with E-state index in [0.29, 0.717) is 17.5 Å². The summed E-state index contributed by atoms with van der Waals surface area (Å²) in [6.07, 6.45) is 0. The number of rotatable bonds is 8. The van der Waals surface area contributed by atoms with Crippen molar-refractivity contribution in [2.75, 3.05) is 0 Å². The zero-order valence-electron chi connectivity index (χ0n) is 36.9. The number of benzene rings is 10. The number of hydrogen-bond acceptors (Lipinski definition) is 3. The third-order valence-corrected chi connectivity index (χ3v) is 13.2. The molecule has 0 saturated carbocycles. The van der Waals surface area contributed by atoms with Gasteiger partial charge in [-0.1, -0.05) is 176 Å². The maximum Gasteiger partial charge on any atom is 0.164 e. The van der Waals surface area contributed by atoms with Crippen LogP contribution < -0.4 is 0 Å². The first-order valence-corrected chi connectivity index (χ1v) is 23.0. The zero-order valence-corrected chi connectivity index (χ0v) is 36.9. The van der Waals surface area contributed by atoms with Gasteiger partial charge in [0.25, 0.3) is 0 Å². The predicted molar refractivity (Wildman–Crippen MR) is 281 cm³/mol. The third-order valence-electron chi connectivity index (χ3n) is 13.2. The molecule has 0 aliphatic heterocycles. The number of aromatic nitrogens is 5. The second-order valence-electron chi connectivity index (χ2n) is 17.3. The second-order valence-corrected chi connectivity index (χ2v) is 17.3. The maximum absolute atomic E-state index is 4.99. The van der Waals surface area contributed by atoms with Gasteiger partial charge in [0, 0.05) is 49.6 Å². The summed E-state index contributed by atoms with van der Waals surface area (Å²) in [6, 6.07) is 88.4. The molecule has 0 radical (unpaired) electrons. The highest BCUT2D eigenvalue weighted by molar-refractivity contribution is 6.12. The van der Waals surface area contributed by atoms with Gasteiger partial charge in [0.2, 0.25) is 0 Å². The molecule has 0 N–H and O–H groups in total. The average molecular weight is 868 g/mol. The highest BCUT2D eigenvalue weighted by Crippen LogP contribution is 2.39. The third kappa shape index (κ3) is 6.84. The SMILES string of the molecule is c1ccc(-c2nc(-c3ccccc3)nc(-c3cccc(-c4ccc(-n5c6ccccc6c6cc(-c7cccc(-c8ccc9c(c8)c8ccccc8n9-c8ccccc8)c7)ccc65)cc4)c3)n2)cc1. The summed E-state index contributed by atoms with van der Waals surface area (Å²) < 4.78 is 4.75. The Balaban J connectivity index is 0.837. The van der Waals surface area contributed by atoms with Gasteiger partial charge in [-0.05, 0) is 106 Å². The Labute approximate surface area is 393 Å². The molecule has 0 aliphatic carbocycles. The van der Waals surface area contributed by atoms with Crippen molar-refractivity contribution in [3.63, 3.8) is 0 Å². The van der Waals surface area contributed by atoms with Crippen molar-refractivity contribution in [1.29, 1.82) is 0 Å². The van der Waals surface area contributed by atoms with Crippen LogP contribution in [-0.4, -0.2) is 24.1 Å². The van der Waals surface area contributed by atoms with Crippen molar-refractivity contribution in [2.24, 2.45) is 0 Å². The van der Waals surface area contributed by atoms with Crippen LogP contribution in [-0.2, 0) is 0 Å². The van der Waals surface area contributed by atoms with Crippen LogP contribution in [0.25, 0.3) is 123 Å². The Bertz CT molecular complexity index is 3940. The number of fused-ring (bicyclic) bond motifs is 6. The molecule has 13 rings (SSSR count). The van der Waals surface area contributed by atoms with Crippen LogP contribution in [0.1, 0.15) is 0 Å². The van der Waals surface area contributed by atoms with Crippen LogP contribution >= 0.6 is 0 Å². The molecule has 68 heavy (non-hydrogen) atoms. The van der Waals surface area contributed by atoms with Crippen molar-refractivity contribution >= 4 is 43.6 Å². The fourth-order valence-electron chi connectivity index (χ4n) is 9.90. The largest absolute Gasteiger partial charge is 0.309 e. The Morgan fingerprint density at radius 2 is 0.544 bits per heavy atom. The van der Waals surface area contributed by atoms with Gasteiger partial charge in [-0.15, -0.1) is 0 Å². The smallest absolute Gasteiger partial charge is 0.164 e. The Kier molecular flexibility index (Phi) is 9.43. The van der Waals surface area contributed by atoms with Crippen LogP contribution in [0.3, 0.4) is 0 Å². The molecular formula is C63H41N5. The molecule has 10 aromatic carbocycles. The highest BCUT2D eigenvalue weighted by Gasteiger charge is 2.17. The lowest BCUT2D eigenvalue weighted by molar-refractivity contribution is 1.07. The summed E-state index contributed by atoms with van der Waals surface area (Å²) in [6.45, 7) is 0. The van der Waals surface area contributed by atoms with Gasteiger partial charge < -0.3 is 9.13 Å². The lowest BCUT2D eigenvalue weighted by Crippen LogP contribution is -2.00. The first kappa shape index (κ1) is 39.2. The minimum absolute atomic E-state index is 0.637. The van der Waals surface area contributed by atoms with E-state index in [1.807, 2.05) is 60.7 Å². The topological polar surface area (TPSA) is 48.5 Å². The van der Waals surface area contributed by atoms with E-state index in [4.69, 9.17) is 15.0 Å². The van der Waals surface area contributed by atoms with Gasteiger partial charge in [-0.2, -0.15) is 0 Å². The van der Waals surface area contributed by atoms with E-state index in [9.17, 15) is 0 Å². The van der Waals surface area contributed by atoms with E-state index in [-0.39, 0.29) is 0 Å². The number of hydrogen-bond donors (Lipinski definition) is 0. The number of nitrogens with zero attached hydrogens (tertiary/aromatic N) is 5. The van der Waals surface area contributed by atoms with E-state index < -0.39 is 0 Å². The average Bonchev–Trinajstić information content (AvgIpc) is 3.94. The van der Waals surface area contributed by atoms with Gasteiger partial charge in [-0.3, -0.25) is 0 Å². The van der Waals surface area contributed by atoms with Crippen molar-refractivity contribution in [3.8, 4) is 78.9 Å². The molecular weight excluding hydrogens is 827 g/mol. The molecule has 0 aliphatic rings.